The molecule has 0 radical (unpaired) electrons. The lowest BCUT2D eigenvalue weighted by atomic mass is 10.2. The highest BCUT2D eigenvalue weighted by Gasteiger charge is 2.08. The predicted octanol–water partition coefficient (Wildman–Crippen LogP) is 1.08. The fourth-order valence-electron chi connectivity index (χ4n) is 1.17. The summed E-state index contributed by atoms with van der Waals surface area (Å²) in [5, 5.41) is 10.8. The average Bonchev–Trinajstić information content (AvgIpc) is 2.60. The van der Waals surface area contributed by atoms with Crippen molar-refractivity contribution in [3.05, 3.63) is 11.6 Å². The van der Waals surface area contributed by atoms with Gasteiger partial charge in [-0.05, 0) is 25.1 Å². The Balaban J connectivity index is 2.39. The SMILES string of the molecule is Cc1nc(CN(C)C(=S)NCC(C)C)n[nH]1. The minimum atomic E-state index is 0.581. The van der Waals surface area contributed by atoms with E-state index in [0.29, 0.717) is 12.5 Å². The number of nitrogens with one attached hydrogen (secondary N) is 2. The van der Waals surface area contributed by atoms with E-state index in [1.807, 2.05) is 18.9 Å². The molecule has 0 atom stereocenters. The van der Waals surface area contributed by atoms with Gasteiger partial charge in [0.1, 0.15) is 5.82 Å². The minimum absolute atomic E-state index is 0.581. The molecule has 0 spiro atoms. The normalized spacial score (nSPS) is 10.6. The third-order valence-corrected chi connectivity index (χ3v) is 2.49. The Kier molecular flexibility index (Phi) is 4.67. The summed E-state index contributed by atoms with van der Waals surface area (Å²) in [5.41, 5.74) is 0. The molecule has 90 valence electrons. The number of thiocarbonyl (C=S) groups is 1. The number of aromatic amines is 1. The Morgan fingerprint density at radius 2 is 2.25 bits per heavy atom. The summed E-state index contributed by atoms with van der Waals surface area (Å²) in [4.78, 5) is 6.16. The zero-order chi connectivity index (χ0) is 12.1. The molecule has 0 aliphatic heterocycles. The van der Waals surface area contributed by atoms with Crippen molar-refractivity contribution in [2.45, 2.75) is 27.3 Å². The van der Waals surface area contributed by atoms with Crippen molar-refractivity contribution in [3.8, 4) is 0 Å². The third kappa shape index (κ3) is 4.14. The van der Waals surface area contributed by atoms with Crippen LogP contribution in [0.1, 0.15) is 25.5 Å². The van der Waals surface area contributed by atoms with E-state index in [2.05, 4.69) is 34.3 Å². The molecule has 16 heavy (non-hydrogen) atoms. The van der Waals surface area contributed by atoms with Gasteiger partial charge in [-0.2, -0.15) is 5.10 Å². The lowest BCUT2D eigenvalue weighted by molar-refractivity contribution is 0.466. The van der Waals surface area contributed by atoms with Crippen molar-refractivity contribution in [3.63, 3.8) is 0 Å². The Morgan fingerprint density at radius 1 is 1.56 bits per heavy atom. The van der Waals surface area contributed by atoms with Gasteiger partial charge >= 0.3 is 0 Å². The van der Waals surface area contributed by atoms with Gasteiger partial charge in [-0.25, -0.2) is 4.98 Å². The first-order chi connectivity index (χ1) is 7.49. The second-order valence-corrected chi connectivity index (χ2v) is 4.66. The third-order valence-electron chi connectivity index (χ3n) is 2.03. The van der Waals surface area contributed by atoms with Gasteiger partial charge in [0.15, 0.2) is 10.9 Å². The van der Waals surface area contributed by atoms with Crippen molar-refractivity contribution in [2.75, 3.05) is 13.6 Å². The van der Waals surface area contributed by atoms with Gasteiger partial charge in [0.25, 0.3) is 0 Å². The molecule has 1 heterocycles. The minimum Gasteiger partial charge on any atom is -0.362 e. The largest absolute Gasteiger partial charge is 0.362 e. The zero-order valence-corrected chi connectivity index (χ0v) is 11.1. The molecule has 1 rings (SSSR count). The molecule has 0 aliphatic rings. The van der Waals surface area contributed by atoms with Crippen LogP contribution in [0.4, 0.5) is 0 Å². The van der Waals surface area contributed by atoms with Gasteiger partial charge in [-0.3, -0.25) is 5.10 Å². The van der Waals surface area contributed by atoms with Gasteiger partial charge in [0, 0.05) is 13.6 Å². The first-order valence-corrected chi connectivity index (χ1v) is 5.76. The topological polar surface area (TPSA) is 56.8 Å². The number of hydrogen-bond acceptors (Lipinski definition) is 3. The summed E-state index contributed by atoms with van der Waals surface area (Å²) < 4.78 is 0. The molecular formula is C10H19N5S. The maximum absolute atomic E-state index is 5.25. The van der Waals surface area contributed by atoms with Crippen molar-refractivity contribution < 1.29 is 0 Å². The van der Waals surface area contributed by atoms with Gasteiger partial charge in [0.05, 0.1) is 6.54 Å². The van der Waals surface area contributed by atoms with Crippen LogP contribution in [0, 0.1) is 12.8 Å². The molecule has 0 saturated heterocycles. The van der Waals surface area contributed by atoms with Crippen molar-refractivity contribution in [1.82, 2.24) is 25.4 Å². The van der Waals surface area contributed by atoms with Crippen molar-refractivity contribution in [2.24, 2.45) is 5.92 Å². The second-order valence-electron chi connectivity index (χ2n) is 4.27. The first-order valence-electron chi connectivity index (χ1n) is 5.36. The van der Waals surface area contributed by atoms with E-state index in [-0.39, 0.29) is 0 Å². The van der Waals surface area contributed by atoms with E-state index < -0.39 is 0 Å². The summed E-state index contributed by atoms with van der Waals surface area (Å²) in [5.74, 6) is 2.16. The van der Waals surface area contributed by atoms with E-state index in [0.717, 1.165) is 23.3 Å². The molecule has 5 nitrogen and oxygen atoms in total. The smallest absolute Gasteiger partial charge is 0.169 e. The van der Waals surface area contributed by atoms with E-state index in [4.69, 9.17) is 12.2 Å². The maximum Gasteiger partial charge on any atom is 0.169 e. The van der Waals surface area contributed by atoms with Crippen LogP contribution in [-0.2, 0) is 6.54 Å². The Bertz CT molecular complexity index is 347. The van der Waals surface area contributed by atoms with Gasteiger partial charge in [0.2, 0.25) is 0 Å². The molecule has 2 N–H and O–H groups in total. The number of aryl methyl sites for hydroxylation is 1. The highest BCUT2D eigenvalue weighted by atomic mass is 32.1. The van der Waals surface area contributed by atoms with Crippen LogP contribution in [0.2, 0.25) is 0 Å². The zero-order valence-electron chi connectivity index (χ0n) is 10.2. The molecule has 0 unspecified atom stereocenters. The van der Waals surface area contributed by atoms with Crippen LogP contribution < -0.4 is 5.32 Å². The molecule has 1 aromatic heterocycles. The highest BCUT2D eigenvalue weighted by Crippen LogP contribution is 1.97. The highest BCUT2D eigenvalue weighted by molar-refractivity contribution is 7.80. The van der Waals surface area contributed by atoms with Crippen LogP contribution in [0.3, 0.4) is 0 Å². The Labute approximate surface area is 102 Å². The second kappa shape index (κ2) is 5.79. The summed E-state index contributed by atoms with van der Waals surface area (Å²) in [6.45, 7) is 7.68. The maximum atomic E-state index is 5.25. The first kappa shape index (κ1) is 12.9. The monoisotopic (exact) mass is 241 g/mol. The number of nitrogens with zero attached hydrogens (tertiary/aromatic N) is 3. The quantitative estimate of drug-likeness (QED) is 0.772. The summed E-state index contributed by atoms with van der Waals surface area (Å²) in [6, 6.07) is 0. The van der Waals surface area contributed by atoms with E-state index >= 15 is 0 Å². The molecule has 6 heteroatoms. The standard InChI is InChI=1S/C10H19N5S/c1-7(2)5-11-10(16)15(4)6-9-12-8(3)13-14-9/h7H,5-6H2,1-4H3,(H,11,16)(H,12,13,14). The van der Waals surface area contributed by atoms with Gasteiger partial charge < -0.3 is 10.2 Å². The average molecular weight is 241 g/mol. The fraction of sp³-hybridized carbons (Fsp3) is 0.700. The summed E-state index contributed by atoms with van der Waals surface area (Å²) >= 11 is 5.25. The predicted molar refractivity (Wildman–Crippen MR) is 68.0 cm³/mol. The van der Waals surface area contributed by atoms with Gasteiger partial charge in [-0.1, -0.05) is 13.8 Å². The van der Waals surface area contributed by atoms with Gasteiger partial charge in [-0.15, -0.1) is 0 Å². The number of aromatic nitrogens is 3. The molecular weight excluding hydrogens is 222 g/mol. The van der Waals surface area contributed by atoms with E-state index in [1.165, 1.54) is 0 Å². The molecule has 0 aliphatic carbocycles. The number of rotatable bonds is 4. The lowest BCUT2D eigenvalue weighted by Gasteiger charge is -2.20. The van der Waals surface area contributed by atoms with Crippen molar-refractivity contribution in [1.29, 1.82) is 0 Å². The van der Waals surface area contributed by atoms with E-state index in [1.54, 1.807) is 0 Å². The summed E-state index contributed by atoms with van der Waals surface area (Å²) in [7, 11) is 1.93. The van der Waals surface area contributed by atoms with Crippen LogP contribution >= 0.6 is 12.2 Å². The molecule has 0 amide bonds. The lowest BCUT2D eigenvalue weighted by Crippen LogP contribution is -2.38. The van der Waals surface area contributed by atoms with E-state index in [9.17, 15) is 0 Å². The van der Waals surface area contributed by atoms with Crippen LogP contribution in [0.25, 0.3) is 0 Å². The number of hydrogen-bond donors (Lipinski definition) is 2. The van der Waals surface area contributed by atoms with Crippen LogP contribution in [-0.4, -0.2) is 38.8 Å². The van der Waals surface area contributed by atoms with Crippen LogP contribution in [0.15, 0.2) is 0 Å². The Morgan fingerprint density at radius 3 is 2.75 bits per heavy atom. The molecule has 0 saturated carbocycles. The molecule has 1 aromatic rings. The molecule has 0 bridgehead atoms. The van der Waals surface area contributed by atoms with Crippen LogP contribution in [0.5, 0.6) is 0 Å². The molecule has 0 aromatic carbocycles. The van der Waals surface area contributed by atoms with Crippen molar-refractivity contribution >= 4 is 17.3 Å². The Hall–Kier alpha value is -1.17. The number of H-pyrrole nitrogens is 1. The fourth-order valence-corrected chi connectivity index (χ4v) is 1.32. The molecule has 0 fully saturated rings. The summed E-state index contributed by atoms with van der Waals surface area (Å²) in [6.07, 6.45) is 0.